The van der Waals surface area contributed by atoms with Crippen LogP contribution in [0.15, 0.2) is 29.1 Å². The van der Waals surface area contributed by atoms with E-state index in [9.17, 15) is 9.90 Å². The Morgan fingerprint density at radius 2 is 2.14 bits per heavy atom. The zero-order valence-electron chi connectivity index (χ0n) is 12.2. The molecule has 0 atom stereocenters. The van der Waals surface area contributed by atoms with Crippen LogP contribution in [-0.2, 0) is 6.54 Å². The molecule has 6 heteroatoms. The molecule has 2 rings (SSSR count). The fraction of sp³-hybridized carbons (Fsp3) is 0.333. The van der Waals surface area contributed by atoms with Crippen LogP contribution in [0, 0.1) is 6.92 Å². The lowest BCUT2D eigenvalue weighted by atomic mass is 10.2. The third-order valence-electron chi connectivity index (χ3n) is 3.13. The Balaban J connectivity index is 2.51. The van der Waals surface area contributed by atoms with E-state index in [1.807, 2.05) is 20.8 Å². The average molecular weight is 308 g/mol. The molecule has 0 saturated heterocycles. The van der Waals surface area contributed by atoms with Crippen LogP contribution in [-0.4, -0.2) is 20.9 Å². The Morgan fingerprint density at radius 1 is 1.43 bits per heavy atom. The molecule has 0 saturated carbocycles. The van der Waals surface area contributed by atoms with Gasteiger partial charge in [-0.2, -0.15) is 9.78 Å². The third kappa shape index (κ3) is 3.43. The van der Waals surface area contributed by atoms with Crippen LogP contribution in [0.1, 0.15) is 25.1 Å². The first kappa shape index (κ1) is 15.5. The van der Waals surface area contributed by atoms with Gasteiger partial charge in [-0.1, -0.05) is 31.5 Å². The van der Waals surface area contributed by atoms with Crippen LogP contribution in [0.3, 0.4) is 0 Å². The molecule has 0 aliphatic carbocycles. The normalized spacial score (nSPS) is 11.1. The van der Waals surface area contributed by atoms with Gasteiger partial charge in [0.15, 0.2) is 0 Å². The first-order valence-corrected chi connectivity index (χ1v) is 7.09. The lowest BCUT2D eigenvalue weighted by molar-refractivity contribution is 0.447. The molecule has 0 aliphatic heterocycles. The molecule has 5 nitrogen and oxygen atoms in total. The second-order valence-electron chi connectivity index (χ2n) is 5.15. The number of halogens is 1. The van der Waals surface area contributed by atoms with Gasteiger partial charge in [-0.05, 0) is 24.6 Å². The highest BCUT2D eigenvalue weighted by Crippen LogP contribution is 2.21. The molecule has 1 aromatic heterocycles. The van der Waals surface area contributed by atoms with Gasteiger partial charge in [-0.25, -0.2) is 0 Å². The zero-order chi connectivity index (χ0) is 15.6. The van der Waals surface area contributed by atoms with Gasteiger partial charge in [-0.3, -0.25) is 4.79 Å². The van der Waals surface area contributed by atoms with Gasteiger partial charge >= 0.3 is 0 Å². The summed E-state index contributed by atoms with van der Waals surface area (Å²) >= 11 is 6.08. The van der Waals surface area contributed by atoms with Crippen molar-refractivity contribution < 1.29 is 5.11 Å². The predicted octanol–water partition coefficient (Wildman–Crippen LogP) is 2.40. The number of hydrogen-bond donors (Lipinski definition) is 2. The number of rotatable bonds is 4. The van der Waals surface area contributed by atoms with Crippen molar-refractivity contribution in [2.24, 2.45) is 0 Å². The molecule has 0 radical (unpaired) electrons. The molecular formula is C15H18ClN3O2. The maximum Gasteiger partial charge on any atom is 0.275 e. The third-order valence-corrected chi connectivity index (χ3v) is 3.54. The number of aromatic hydroxyl groups is 1. The highest BCUT2D eigenvalue weighted by molar-refractivity contribution is 6.31. The van der Waals surface area contributed by atoms with Gasteiger partial charge in [-0.15, -0.1) is 0 Å². The quantitative estimate of drug-likeness (QED) is 0.910. The second-order valence-corrected chi connectivity index (χ2v) is 5.55. The number of hydrogen-bond acceptors (Lipinski definition) is 4. The van der Waals surface area contributed by atoms with Crippen LogP contribution in [0.25, 0.3) is 5.69 Å². The van der Waals surface area contributed by atoms with E-state index in [2.05, 4.69) is 10.4 Å². The van der Waals surface area contributed by atoms with E-state index in [0.717, 1.165) is 5.56 Å². The van der Waals surface area contributed by atoms with Crippen molar-refractivity contribution in [2.45, 2.75) is 33.4 Å². The van der Waals surface area contributed by atoms with Gasteiger partial charge in [0.25, 0.3) is 5.56 Å². The lowest BCUT2D eigenvalue weighted by Gasteiger charge is -2.13. The first-order chi connectivity index (χ1) is 9.90. The molecule has 0 unspecified atom stereocenters. The summed E-state index contributed by atoms with van der Waals surface area (Å²) in [5.41, 5.74) is 1.40. The summed E-state index contributed by atoms with van der Waals surface area (Å²) in [5, 5.41) is 17.8. The highest BCUT2D eigenvalue weighted by Gasteiger charge is 2.12. The standard InChI is InChI=1S/C15H18ClN3O2/c1-9(2)17-8-12-14(20)7-15(21)19(18-12)13-6-4-5-11(16)10(13)3/h4-7,9,17,20H,8H2,1-3H3. The number of nitrogens with one attached hydrogen (secondary N) is 1. The fourth-order valence-corrected chi connectivity index (χ4v) is 2.08. The molecule has 2 aromatic rings. The largest absolute Gasteiger partial charge is 0.506 e. The van der Waals surface area contributed by atoms with Crippen LogP contribution in [0.4, 0.5) is 0 Å². The molecule has 1 aromatic carbocycles. The van der Waals surface area contributed by atoms with E-state index in [-0.39, 0.29) is 11.8 Å². The summed E-state index contributed by atoms with van der Waals surface area (Å²) in [6.45, 7) is 6.19. The predicted molar refractivity (Wildman–Crippen MR) is 83.2 cm³/mol. The summed E-state index contributed by atoms with van der Waals surface area (Å²) in [4.78, 5) is 12.1. The molecule has 2 N–H and O–H groups in total. The SMILES string of the molecule is Cc1c(Cl)cccc1-n1nc(CNC(C)C)c(O)cc1=O. The van der Waals surface area contributed by atoms with Gasteiger partial charge in [0.1, 0.15) is 11.4 Å². The Labute approximate surface area is 128 Å². The smallest absolute Gasteiger partial charge is 0.275 e. The minimum absolute atomic E-state index is 0.107. The molecule has 0 aliphatic rings. The van der Waals surface area contributed by atoms with Crippen LogP contribution < -0.4 is 10.9 Å². The minimum Gasteiger partial charge on any atom is -0.506 e. The lowest BCUT2D eigenvalue weighted by Crippen LogP contribution is -2.27. The molecule has 112 valence electrons. The molecule has 21 heavy (non-hydrogen) atoms. The number of aromatic nitrogens is 2. The summed E-state index contributed by atoms with van der Waals surface area (Å²) in [6.07, 6.45) is 0. The molecular weight excluding hydrogens is 290 g/mol. The zero-order valence-corrected chi connectivity index (χ0v) is 13.0. The van der Waals surface area contributed by atoms with E-state index in [4.69, 9.17) is 11.6 Å². The Hall–Kier alpha value is -1.85. The maximum atomic E-state index is 12.1. The number of benzene rings is 1. The van der Waals surface area contributed by atoms with E-state index < -0.39 is 5.56 Å². The molecule has 0 amide bonds. The van der Waals surface area contributed by atoms with Crippen molar-refractivity contribution in [1.29, 1.82) is 0 Å². The van der Waals surface area contributed by atoms with Crippen molar-refractivity contribution in [3.8, 4) is 11.4 Å². The van der Waals surface area contributed by atoms with Crippen molar-refractivity contribution in [1.82, 2.24) is 15.1 Å². The van der Waals surface area contributed by atoms with Crippen molar-refractivity contribution in [3.63, 3.8) is 0 Å². The fourth-order valence-electron chi connectivity index (χ4n) is 1.91. The van der Waals surface area contributed by atoms with Crippen LogP contribution in [0.2, 0.25) is 5.02 Å². The maximum absolute atomic E-state index is 12.1. The molecule has 0 bridgehead atoms. The van der Waals surface area contributed by atoms with Gasteiger partial charge in [0.05, 0.1) is 5.69 Å². The monoisotopic (exact) mass is 307 g/mol. The van der Waals surface area contributed by atoms with Gasteiger partial charge in [0, 0.05) is 23.7 Å². The molecule has 1 heterocycles. The summed E-state index contributed by atoms with van der Waals surface area (Å²) < 4.78 is 1.26. The van der Waals surface area contributed by atoms with Gasteiger partial charge in [0.2, 0.25) is 0 Å². The van der Waals surface area contributed by atoms with Crippen molar-refractivity contribution in [2.75, 3.05) is 0 Å². The topological polar surface area (TPSA) is 67.2 Å². The average Bonchev–Trinajstić information content (AvgIpc) is 2.41. The van der Waals surface area contributed by atoms with E-state index in [0.29, 0.717) is 22.9 Å². The first-order valence-electron chi connectivity index (χ1n) is 6.71. The van der Waals surface area contributed by atoms with Crippen LogP contribution in [0.5, 0.6) is 5.75 Å². The van der Waals surface area contributed by atoms with Crippen LogP contribution >= 0.6 is 11.6 Å². The Bertz CT molecular complexity index is 711. The Morgan fingerprint density at radius 3 is 2.81 bits per heavy atom. The highest BCUT2D eigenvalue weighted by atomic mass is 35.5. The van der Waals surface area contributed by atoms with E-state index in [1.54, 1.807) is 18.2 Å². The van der Waals surface area contributed by atoms with E-state index >= 15 is 0 Å². The molecule has 0 fully saturated rings. The van der Waals surface area contributed by atoms with E-state index in [1.165, 1.54) is 10.7 Å². The Kier molecular flexibility index (Phi) is 4.65. The summed E-state index contributed by atoms with van der Waals surface area (Å²) in [7, 11) is 0. The van der Waals surface area contributed by atoms with Crippen molar-refractivity contribution >= 4 is 11.6 Å². The van der Waals surface area contributed by atoms with Crippen molar-refractivity contribution in [3.05, 3.63) is 50.9 Å². The minimum atomic E-state index is -0.397. The summed E-state index contributed by atoms with van der Waals surface area (Å²) in [5.74, 6) is -0.107. The summed E-state index contributed by atoms with van der Waals surface area (Å²) in [6, 6.07) is 6.71. The molecule has 0 spiro atoms. The second kappa shape index (κ2) is 6.28. The number of nitrogens with zero attached hydrogens (tertiary/aromatic N) is 2. The van der Waals surface area contributed by atoms with Gasteiger partial charge < -0.3 is 10.4 Å².